The van der Waals surface area contributed by atoms with E-state index < -0.39 is 0 Å². The highest BCUT2D eigenvalue weighted by atomic mass is 16.3. The van der Waals surface area contributed by atoms with Gasteiger partial charge in [-0.25, -0.2) is 0 Å². The molecule has 7 nitrogen and oxygen atoms in total. The number of hydrogen-bond donors (Lipinski definition) is 1. The normalized spacial score (nSPS) is 10.8. The lowest BCUT2D eigenvalue weighted by Gasteiger charge is -2.08. The Bertz CT molecular complexity index is 951. The van der Waals surface area contributed by atoms with Gasteiger partial charge in [0.15, 0.2) is 0 Å². The molecule has 3 heterocycles. The fourth-order valence-corrected chi connectivity index (χ4v) is 2.83. The molecular formula is C18H20N4O3. The lowest BCUT2D eigenvalue weighted by Crippen LogP contribution is -2.33. The van der Waals surface area contributed by atoms with Gasteiger partial charge in [0.25, 0.3) is 11.5 Å². The molecule has 0 aliphatic carbocycles. The van der Waals surface area contributed by atoms with Crippen LogP contribution < -0.4 is 10.9 Å². The number of hydrogen-bond acceptors (Lipinski definition) is 4. The summed E-state index contributed by atoms with van der Waals surface area (Å²) in [5, 5.41) is 7.28. The SMILES string of the molecule is Cc1nn(CCNC(=O)c2cccn(C)c2=O)c(C)c1-c1ccco1. The quantitative estimate of drug-likeness (QED) is 0.769. The zero-order chi connectivity index (χ0) is 18.0. The third-order valence-corrected chi connectivity index (χ3v) is 4.13. The molecule has 0 atom stereocenters. The van der Waals surface area contributed by atoms with Crippen molar-refractivity contribution in [1.29, 1.82) is 0 Å². The van der Waals surface area contributed by atoms with Crippen molar-refractivity contribution in [2.45, 2.75) is 20.4 Å². The predicted octanol–water partition coefficient (Wildman–Crippen LogP) is 1.89. The zero-order valence-electron chi connectivity index (χ0n) is 14.4. The first-order chi connectivity index (χ1) is 12.0. The Kier molecular flexibility index (Phi) is 4.56. The fourth-order valence-electron chi connectivity index (χ4n) is 2.83. The van der Waals surface area contributed by atoms with E-state index in [0.29, 0.717) is 13.1 Å². The molecule has 130 valence electrons. The number of aryl methyl sites for hydroxylation is 2. The lowest BCUT2D eigenvalue weighted by molar-refractivity contribution is 0.0950. The molecule has 0 fully saturated rings. The van der Waals surface area contributed by atoms with Crippen molar-refractivity contribution >= 4 is 5.91 Å². The van der Waals surface area contributed by atoms with Crippen molar-refractivity contribution in [2.24, 2.45) is 7.05 Å². The summed E-state index contributed by atoms with van der Waals surface area (Å²) < 4.78 is 8.67. The molecule has 7 heteroatoms. The first-order valence-corrected chi connectivity index (χ1v) is 8.00. The molecule has 3 aromatic rings. The van der Waals surface area contributed by atoms with Crippen LogP contribution in [0.15, 0.2) is 45.9 Å². The fraction of sp³-hybridized carbons (Fsp3) is 0.278. The van der Waals surface area contributed by atoms with E-state index in [1.165, 1.54) is 10.6 Å². The monoisotopic (exact) mass is 340 g/mol. The summed E-state index contributed by atoms with van der Waals surface area (Å²) in [5.41, 5.74) is 2.63. The standard InChI is InChI=1S/C18H20N4O3/c1-12-16(15-7-5-11-25-15)13(2)22(20-12)10-8-19-17(23)14-6-4-9-21(3)18(14)24/h4-7,9,11H,8,10H2,1-3H3,(H,19,23). The van der Waals surface area contributed by atoms with E-state index in [2.05, 4.69) is 10.4 Å². The number of pyridine rings is 1. The summed E-state index contributed by atoms with van der Waals surface area (Å²) in [4.78, 5) is 24.1. The molecule has 0 bridgehead atoms. The molecule has 0 unspecified atom stereocenters. The second kappa shape index (κ2) is 6.80. The highest BCUT2D eigenvalue weighted by Crippen LogP contribution is 2.26. The molecular weight excluding hydrogens is 320 g/mol. The lowest BCUT2D eigenvalue weighted by atomic mass is 10.1. The van der Waals surface area contributed by atoms with Gasteiger partial charge in [-0.3, -0.25) is 14.3 Å². The molecule has 3 aromatic heterocycles. The van der Waals surface area contributed by atoms with Crippen molar-refractivity contribution in [2.75, 3.05) is 6.54 Å². The number of nitrogens with one attached hydrogen (secondary N) is 1. The summed E-state index contributed by atoms with van der Waals surface area (Å²) in [6.45, 7) is 4.77. The summed E-state index contributed by atoms with van der Waals surface area (Å²) in [7, 11) is 1.62. The second-order valence-electron chi connectivity index (χ2n) is 5.84. The van der Waals surface area contributed by atoms with Crippen molar-refractivity contribution in [3.8, 4) is 11.3 Å². The Labute approximate surface area is 144 Å². The zero-order valence-corrected chi connectivity index (χ0v) is 14.4. The van der Waals surface area contributed by atoms with Crippen LogP contribution in [0, 0.1) is 13.8 Å². The minimum absolute atomic E-state index is 0.134. The molecule has 0 aromatic carbocycles. The average Bonchev–Trinajstić information content (AvgIpc) is 3.18. The van der Waals surface area contributed by atoms with E-state index in [0.717, 1.165) is 22.7 Å². The number of rotatable bonds is 5. The van der Waals surface area contributed by atoms with E-state index in [9.17, 15) is 9.59 Å². The minimum Gasteiger partial charge on any atom is -0.464 e. The molecule has 1 N–H and O–H groups in total. The number of carbonyl (C=O) groups is 1. The van der Waals surface area contributed by atoms with E-state index in [1.807, 2.05) is 30.7 Å². The number of aromatic nitrogens is 3. The van der Waals surface area contributed by atoms with Gasteiger partial charge in [0, 0.05) is 25.5 Å². The molecule has 0 saturated heterocycles. The predicted molar refractivity (Wildman–Crippen MR) is 93.4 cm³/mol. The van der Waals surface area contributed by atoms with Crippen LogP contribution >= 0.6 is 0 Å². The van der Waals surface area contributed by atoms with Crippen molar-refractivity contribution < 1.29 is 9.21 Å². The van der Waals surface area contributed by atoms with Crippen LogP contribution in [0.2, 0.25) is 0 Å². The van der Waals surface area contributed by atoms with E-state index in [-0.39, 0.29) is 17.0 Å². The molecule has 0 radical (unpaired) electrons. The van der Waals surface area contributed by atoms with Crippen LogP contribution in [0.1, 0.15) is 21.7 Å². The highest BCUT2D eigenvalue weighted by molar-refractivity contribution is 5.93. The van der Waals surface area contributed by atoms with Crippen molar-refractivity contribution in [3.63, 3.8) is 0 Å². The summed E-state index contributed by atoms with van der Waals surface area (Å²) in [6.07, 6.45) is 3.25. The Morgan fingerprint density at radius 1 is 1.28 bits per heavy atom. The van der Waals surface area contributed by atoms with Gasteiger partial charge in [-0.2, -0.15) is 5.10 Å². The van der Waals surface area contributed by atoms with Gasteiger partial charge in [0.05, 0.1) is 24.1 Å². The first kappa shape index (κ1) is 16.8. The van der Waals surface area contributed by atoms with Crippen molar-refractivity contribution in [3.05, 3.63) is 64.0 Å². The number of furan rings is 1. The van der Waals surface area contributed by atoms with Crippen molar-refractivity contribution in [1.82, 2.24) is 19.7 Å². The van der Waals surface area contributed by atoms with E-state index >= 15 is 0 Å². The second-order valence-corrected chi connectivity index (χ2v) is 5.84. The van der Waals surface area contributed by atoms with Gasteiger partial charge >= 0.3 is 0 Å². The average molecular weight is 340 g/mol. The molecule has 0 aliphatic rings. The Morgan fingerprint density at radius 3 is 2.80 bits per heavy atom. The molecule has 1 amide bonds. The Balaban J connectivity index is 1.69. The van der Waals surface area contributed by atoms with Gasteiger partial charge in [-0.15, -0.1) is 0 Å². The molecule has 0 aliphatic heterocycles. The maximum atomic E-state index is 12.2. The Hall–Kier alpha value is -3.09. The first-order valence-electron chi connectivity index (χ1n) is 8.00. The van der Waals surface area contributed by atoms with Gasteiger partial charge in [0.2, 0.25) is 0 Å². The third kappa shape index (κ3) is 3.26. The summed E-state index contributed by atoms with van der Waals surface area (Å²) in [6, 6.07) is 6.93. The van der Waals surface area contributed by atoms with Gasteiger partial charge in [-0.1, -0.05) is 0 Å². The molecule has 25 heavy (non-hydrogen) atoms. The maximum absolute atomic E-state index is 12.2. The third-order valence-electron chi connectivity index (χ3n) is 4.13. The summed E-state index contributed by atoms with van der Waals surface area (Å²) in [5.74, 6) is 0.395. The van der Waals surface area contributed by atoms with Crippen LogP contribution in [0.3, 0.4) is 0 Å². The van der Waals surface area contributed by atoms with Crippen LogP contribution in [-0.2, 0) is 13.6 Å². The van der Waals surface area contributed by atoms with Crippen LogP contribution in [0.25, 0.3) is 11.3 Å². The van der Waals surface area contributed by atoms with Crippen LogP contribution in [-0.4, -0.2) is 26.8 Å². The van der Waals surface area contributed by atoms with Gasteiger partial charge < -0.3 is 14.3 Å². The maximum Gasteiger partial charge on any atom is 0.263 e. The minimum atomic E-state index is -0.381. The molecule has 0 saturated carbocycles. The van der Waals surface area contributed by atoms with Gasteiger partial charge in [0.1, 0.15) is 11.3 Å². The van der Waals surface area contributed by atoms with Gasteiger partial charge in [-0.05, 0) is 38.1 Å². The number of carbonyl (C=O) groups excluding carboxylic acids is 1. The number of amides is 1. The van der Waals surface area contributed by atoms with Crippen LogP contribution in [0.5, 0.6) is 0 Å². The Morgan fingerprint density at radius 2 is 2.08 bits per heavy atom. The van der Waals surface area contributed by atoms with E-state index in [4.69, 9.17) is 4.42 Å². The largest absolute Gasteiger partial charge is 0.464 e. The number of nitrogens with zero attached hydrogens (tertiary/aromatic N) is 3. The topological polar surface area (TPSA) is 82.1 Å². The van der Waals surface area contributed by atoms with E-state index in [1.54, 1.807) is 25.6 Å². The smallest absolute Gasteiger partial charge is 0.263 e. The summed E-state index contributed by atoms with van der Waals surface area (Å²) >= 11 is 0. The molecule has 0 spiro atoms. The molecule has 3 rings (SSSR count). The van der Waals surface area contributed by atoms with Crippen LogP contribution in [0.4, 0.5) is 0 Å². The highest BCUT2D eigenvalue weighted by Gasteiger charge is 2.16.